The van der Waals surface area contributed by atoms with Crippen molar-refractivity contribution in [3.8, 4) is 0 Å². The Morgan fingerprint density at radius 3 is 2.77 bits per heavy atom. The van der Waals surface area contributed by atoms with Crippen LogP contribution in [0.4, 0.5) is 10.5 Å². The minimum absolute atomic E-state index is 0.00353. The molecule has 1 fully saturated rings. The van der Waals surface area contributed by atoms with Crippen molar-refractivity contribution in [2.75, 3.05) is 32.3 Å². The number of halogens is 1. The van der Waals surface area contributed by atoms with Crippen molar-refractivity contribution in [1.82, 2.24) is 10.0 Å². The molecule has 1 aliphatic heterocycles. The molecule has 164 valence electrons. The Labute approximate surface area is 179 Å². The molecule has 3 heterocycles. The van der Waals surface area contributed by atoms with E-state index in [4.69, 9.17) is 30.3 Å². The Bertz CT molecular complexity index is 917. The number of ether oxygens (including phenoxy) is 2. The van der Waals surface area contributed by atoms with Gasteiger partial charge in [-0.2, -0.15) is 0 Å². The minimum Gasteiger partial charge on any atom is -0.449 e. The fraction of sp³-hybridized carbons (Fsp3) is 0.550. The molecule has 0 aromatic carbocycles. The maximum Gasteiger partial charge on any atom is 0.414 e. The first kappa shape index (κ1) is 22.3. The highest BCUT2D eigenvalue weighted by Crippen LogP contribution is 2.38. The molecule has 30 heavy (non-hydrogen) atoms. The maximum absolute atomic E-state index is 13.1. The smallest absolute Gasteiger partial charge is 0.414 e. The predicted molar refractivity (Wildman–Crippen MR) is 111 cm³/mol. The Balaban J connectivity index is 2.19. The minimum atomic E-state index is -0.585. The molecule has 2 amide bonds. The zero-order valence-electron chi connectivity index (χ0n) is 17.5. The Kier molecular flexibility index (Phi) is 7.17. The van der Waals surface area contributed by atoms with Crippen molar-refractivity contribution in [1.29, 1.82) is 0 Å². The van der Waals surface area contributed by atoms with Gasteiger partial charge in [-0.15, -0.1) is 0 Å². The van der Waals surface area contributed by atoms with Gasteiger partial charge in [0.15, 0.2) is 5.58 Å². The summed E-state index contributed by atoms with van der Waals surface area (Å²) in [5.74, 6) is -0.633. The summed E-state index contributed by atoms with van der Waals surface area (Å²) >= 11 is 6.12. The number of furan rings is 1. The molecule has 0 aliphatic carbocycles. The van der Waals surface area contributed by atoms with Crippen molar-refractivity contribution in [2.24, 2.45) is 0 Å². The average Bonchev–Trinajstić information content (AvgIpc) is 3.11. The third-order valence-electron chi connectivity index (χ3n) is 5.10. The zero-order valence-corrected chi connectivity index (χ0v) is 18.3. The van der Waals surface area contributed by atoms with Gasteiger partial charge in [0, 0.05) is 19.7 Å². The molecule has 2 atom stereocenters. The van der Waals surface area contributed by atoms with Crippen LogP contribution in [0.25, 0.3) is 11.1 Å². The molecule has 0 spiro atoms. The second-order valence-corrected chi connectivity index (χ2v) is 7.28. The Hall–Kier alpha value is -2.36. The van der Waals surface area contributed by atoms with Crippen molar-refractivity contribution in [3.05, 3.63) is 23.0 Å². The average molecular weight is 440 g/mol. The molecule has 0 radical (unpaired) electrons. The topological polar surface area (TPSA) is 94.3 Å². The lowest BCUT2D eigenvalue weighted by Crippen LogP contribution is -2.47. The van der Waals surface area contributed by atoms with Gasteiger partial charge in [-0.1, -0.05) is 18.5 Å². The van der Waals surface area contributed by atoms with Crippen LogP contribution in [0.15, 0.2) is 16.5 Å². The van der Waals surface area contributed by atoms with E-state index in [1.165, 1.54) is 19.1 Å². The first-order valence-electron chi connectivity index (χ1n) is 9.89. The number of hydrogen-bond donors (Lipinski definition) is 0. The fourth-order valence-corrected chi connectivity index (χ4v) is 3.68. The lowest BCUT2D eigenvalue weighted by molar-refractivity contribution is -0.0772. The molecule has 0 saturated carbocycles. The van der Waals surface area contributed by atoms with E-state index >= 15 is 0 Å². The largest absolute Gasteiger partial charge is 0.449 e. The van der Waals surface area contributed by atoms with Gasteiger partial charge in [-0.25, -0.2) is 14.8 Å². The normalized spacial score (nSPS) is 19.0. The number of carbonyl (C=O) groups excluding carboxylic acids is 2. The van der Waals surface area contributed by atoms with Crippen LogP contribution in [0.5, 0.6) is 0 Å². The molecule has 1 saturated heterocycles. The summed E-state index contributed by atoms with van der Waals surface area (Å²) in [4.78, 5) is 36.9. The number of pyridine rings is 1. The molecular formula is C20H26ClN3O6. The van der Waals surface area contributed by atoms with Crippen molar-refractivity contribution >= 4 is 40.4 Å². The van der Waals surface area contributed by atoms with Gasteiger partial charge in [0.05, 0.1) is 19.8 Å². The summed E-state index contributed by atoms with van der Waals surface area (Å²) in [6.07, 6.45) is 1.39. The number of anilines is 1. The number of hydroxylamine groups is 2. The molecule has 0 bridgehead atoms. The molecular weight excluding hydrogens is 414 g/mol. The van der Waals surface area contributed by atoms with E-state index in [0.29, 0.717) is 30.5 Å². The number of hydrogen-bond acceptors (Lipinski definition) is 7. The van der Waals surface area contributed by atoms with Crippen LogP contribution in [0, 0.1) is 0 Å². The molecule has 1 unspecified atom stereocenters. The number of aromatic nitrogens is 1. The fourth-order valence-electron chi connectivity index (χ4n) is 3.53. The highest BCUT2D eigenvalue weighted by atomic mass is 35.5. The van der Waals surface area contributed by atoms with Crippen LogP contribution in [0.3, 0.4) is 0 Å². The number of fused-ring (bicyclic) bond motifs is 1. The van der Waals surface area contributed by atoms with E-state index < -0.39 is 12.0 Å². The van der Waals surface area contributed by atoms with Gasteiger partial charge in [-0.3, -0.25) is 14.5 Å². The summed E-state index contributed by atoms with van der Waals surface area (Å²) in [5, 5.41) is 1.23. The molecule has 2 aromatic rings. The van der Waals surface area contributed by atoms with E-state index in [-0.39, 0.29) is 35.4 Å². The number of rotatable bonds is 6. The van der Waals surface area contributed by atoms with E-state index in [0.717, 1.165) is 11.5 Å². The molecule has 9 nitrogen and oxygen atoms in total. The molecule has 0 N–H and O–H groups in total. The predicted octanol–water partition coefficient (Wildman–Crippen LogP) is 4.04. The summed E-state index contributed by atoms with van der Waals surface area (Å²) in [5.41, 5.74) is 0.861. The second-order valence-electron chi connectivity index (χ2n) is 6.89. The third-order valence-corrected chi connectivity index (χ3v) is 5.31. The van der Waals surface area contributed by atoms with E-state index in [2.05, 4.69) is 4.98 Å². The quantitative estimate of drug-likeness (QED) is 0.495. The van der Waals surface area contributed by atoms with E-state index in [9.17, 15) is 9.59 Å². The molecule has 3 rings (SSSR count). The van der Waals surface area contributed by atoms with Gasteiger partial charge in [0.1, 0.15) is 16.4 Å². The first-order valence-corrected chi connectivity index (χ1v) is 10.3. The number of amides is 2. The van der Waals surface area contributed by atoms with Crippen LogP contribution >= 0.6 is 11.6 Å². The lowest BCUT2D eigenvalue weighted by atomic mass is 9.99. The highest BCUT2D eigenvalue weighted by Gasteiger charge is 2.38. The van der Waals surface area contributed by atoms with Crippen molar-refractivity contribution in [3.63, 3.8) is 0 Å². The summed E-state index contributed by atoms with van der Waals surface area (Å²) < 4.78 is 16.9. The van der Waals surface area contributed by atoms with Crippen LogP contribution in [-0.2, 0) is 14.3 Å². The van der Waals surface area contributed by atoms with Crippen LogP contribution in [0.2, 0.25) is 5.15 Å². The maximum atomic E-state index is 13.1. The summed E-state index contributed by atoms with van der Waals surface area (Å²) in [6.45, 7) is 4.42. The highest BCUT2D eigenvalue weighted by molar-refractivity contribution is 6.30. The van der Waals surface area contributed by atoms with Gasteiger partial charge >= 0.3 is 12.0 Å². The molecule has 2 aromatic heterocycles. The van der Waals surface area contributed by atoms with Gasteiger partial charge in [0.2, 0.25) is 5.76 Å². The summed E-state index contributed by atoms with van der Waals surface area (Å²) in [6, 6.07) is 2.91. The molecule has 1 aliphatic rings. The summed E-state index contributed by atoms with van der Waals surface area (Å²) in [7, 11) is 2.82. The Morgan fingerprint density at radius 1 is 1.33 bits per heavy atom. The number of nitrogens with zero attached hydrogens (tertiary/aromatic N) is 3. The monoisotopic (exact) mass is 439 g/mol. The SMILES string of the molecule is CCOC(=O)N(c1c(C(=O)N(C)OC)oc2ccc(Cl)nc12)C1CCO[C@@H](CC)C1. The van der Waals surface area contributed by atoms with Crippen LogP contribution in [0.1, 0.15) is 43.7 Å². The van der Waals surface area contributed by atoms with Crippen molar-refractivity contribution in [2.45, 2.75) is 45.3 Å². The van der Waals surface area contributed by atoms with Crippen molar-refractivity contribution < 1.29 is 28.3 Å². The number of carbonyl (C=O) groups is 2. The van der Waals surface area contributed by atoms with E-state index in [1.54, 1.807) is 19.1 Å². The van der Waals surface area contributed by atoms with Crippen LogP contribution < -0.4 is 4.90 Å². The Morgan fingerprint density at radius 2 is 2.10 bits per heavy atom. The van der Waals surface area contributed by atoms with Gasteiger partial charge in [-0.05, 0) is 38.3 Å². The van der Waals surface area contributed by atoms with E-state index in [1.807, 2.05) is 6.92 Å². The standard InChI is InChI=1S/C20H26ClN3O6/c1-5-13-11-12(9-10-29-13)24(20(26)28-6-2)17-16-14(7-8-15(21)22-16)30-18(17)19(25)23(3)27-4/h7-8,12-13H,5-6,9-11H2,1-4H3/t12?,13-/m0/s1. The third kappa shape index (κ3) is 4.38. The van der Waals surface area contributed by atoms with Crippen LogP contribution in [-0.4, -0.2) is 61.6 Å². The van der Waals surface area contributed by atoms with Gasteiger partial charge in [0.25, 0.3) is 0 Å². The first-order chi connectivity index (χ1) is 14.4. The zero-order chi connectivity index (χ0) is 21.8. The molecule has 10 heteroatoms. The second kappa shape index (κ2) is 9.63. The van der Waals surface area contributed by atoms with Gasteiger partial charge < -0.3 is 13.9 Å². The lowest BCUT2D eigenvalue weighted by Gasteiger charge is -2.36.